The Balaban J connectivity index is 2.31. The van der Waals surface area contributed by atoms with Gasteiger partial charge in [-0.05, 0) is 48.1 Å². The van der Waals surface area contributed by atoms with Gasteiger partial charge in [-0.15, -0.1) is 11.3 Å². The van der Waals surface area contributed by atoms with E-state index in [4.69, 9.17) is 5.14 Å². The van der Waals surface area contributed by atoms with Crippen LogP contribution in [0.3, 0.4) is 0 Å². The number of primary sulfonamides is 1. The van der Waals surface area contributed by atoms with Crippen LogP contribution in [0.25, 0.3) is 0 Å². The topological polar surface area (TPSA) is 89.3 Å². The van der Waals surface area contributed by atoms with Gasteiger partial charge in [0, 0.05) is 5.69 Å². The van der Waals surface area contributed by atoms with E-state index in [0.717, 1.165) is 12.0 Å². The van der Waals surface area contributed by atoms with Crippen molar-refractivity contribution >= 4 is 33.0 Å². The lowest BCUT2D eigenvalue weighted by atomic mass is 10.2. The Morgan fingerprint density at radius 3 is 2.67 bits per heavy atom. The first-order chi connectivity index (χ1) is 9.82. The van der Waals surface area contributed by atoms with Gasteiger partial charge in [0.05, 0.1) is 9.77 Å². The quantitative estimate of drug-likeness (QED) is 0.905. The molecule has 1 amide bonds. The minimum Gasteiger partial charge on any atom is -0.321 e. The summed E-state index contributed by atoms with van der Waals surface area (Å²) >= 11 is 1.36. The molecule has 3 N–H and O–H groups in total. The first-order valence-electron chi connectivity index (χ1n) is 6.34. The molecule has 0 unspecified atom stereocenters. The molecule has 1 aromatic carbocycles. The molecule has 0 aliphatic rings. The van der Waals surface area contributed by atoms with Crippen molar-refractivity contribution in [2.75, 3.05) is 5.32 Å². The molecular formula is C14H16N2O3S2. The zero-order valence-corrected chi connectivity index (χ0v) is 13.3. The largest absolute Gasteiger partial charge is 0.321 e. The molecule has 1 aromatic heterocycles. The van der Waals surface area contributed by atoms with Crippen molar-refractivity contribution in [2.45, 2.75) is 25.2 Å². The predicted octanol–water partition coefficient (Wildman–Crippen LogP) is 2.52. The van der Waals surface area contributed by atoms with Crippen LogP contribution in [0.5, 0.6) is 0 Å². The Hall–Kier alpha value is -1.70. The van der Waals surface area contributed by atoms with Crippen molar-refractivity contribution in [1.82, 2.24) is 0 Å². The highest BCUT2D eigenvalue weighted by Gasteiger charge is 2.15. The molecule has 0 spiro atoms. The molecule has 0 saturated heterocycles. The van der Waals surface area contributed by atoms with E-state index >= 15 is 0 Å². The van der Waals surface area contributed by atoms with E-state index in [1.807, 2.05) is 18.4 Å². The van der Waals surface area contributed by atoms with Crippen molar-refractivity contribution in [3.63, 3.8) is 0 Å². The van der Waals surface area contributed by atoms with Crippen LogP contribution in [0.15, 0.2) is 34.5 Å². The minimum atomic E-state index is -3.81. The number of nitrogens with one attached hydrogen (secondary N) is 1. The summed E-state index contributed by atoms with van der Waals surface area (Å²) in [6.07, 6.45) is 0.766. The Morgan fingerprint density at radius 2 is 2.05 bits per heavy atom. The van der Waals surface area contributed by atoms with E-state index < -0.39 is 10.0 Å². The number of carbonyl (C=O) groups excluding carboxylic acids is 1. The summed E-state index contributed by atoms with van der Waals surface area (Å²) in [5.41, 5.74) is 1.92. The number of benzene rings is 1. The van der Waals surface area contributed by atoms with Crippen molar-refractivity contribution in [3.05, 3.63) is 45.6 Å². The monoisotopic (exact) mass is 324 g/mol. The minimum absolute atomic E-state index is 0.0159. The van der Waals surface area contributed by atoms with Crippen LogP contribution >= 0.6 is 11.3 Å². The number of rotatable bonds is 4. The fraction of sp³-hybridized carbons (Fsp3) is 0.214. The van der Waals surface area contributed by atoms with Crippen molar-refractivity contribution < 1.29 is 13.2 Å². The first-order valence-corrected chi connectivity index (χ1v) is 8.76. The fourth-order valence-electron chi connectivity index (χ4n) is 1.99. The maximum atomic E-state index is 12.2. The van der Waals surface area contributed by atoms with Gasteiger partial charge in [0.2, 0.25) is 10.0 Å². The fourth-order valence-corrected chi connectivity index (χ4v) is 3.68. The molecule has 112 valence electrons. The Labute approximate surface area is 127 Å². The summed E-state index contributed by atoms with van der Waals surface area (Å²) in [5.74, 6) is -0.244. The van der Waals surface area contributed by atoms with Gasteiger partial charge in [-0.3, -0.25) is 4.79 Å². The van der Waals surface area contributed by atoms with Gasteiger partial charge in [-0.2, -0.15) is 0 Å². The third kappa shape index (κ3) is 3.49. The molecule has 1 heterocycles. The van der Waals surface area contributed by atoms with Crippen LogP contribution in [-0.4, -0.2) is 14.3 Å². The van der Waals surface area contributed by atoms with Crippen molar-refractivity contribution in [2.24, 2.45) is 5.14 Å². The highest BCUT2D eigenvalue weighted by molar-refractivity contribution is 7.89. The molecule has 0 aliphatic heterocycles. The molecule has 0 bridgehead atoms. The summed E-state index contributed by atoms with van der Waals surface area (Å²) in [6.45, 7) is 3.63. The molecular weight excluding hydrogens is 308 g/mol. The van der Waals surface area contributed by atoms with Crippen LogP contribution < -0.4 is 10.5 Å². The smallest absolute Gasteiger partial charge is 0.266 e. The molecule has 7 heteroatoms. The Kier molecular flexibility index (Phi) is 4.46. The van der Waals surface area contributed by atoms with E-state index in [-0.39, 0.29) is 10.8 Å². The molecule has 21 heavy (non-hydrogen) atoms. The zero-order valence-electron chi connectivity index (χ0n) is 11.7. The van der Waals surface area contributed by atoms with Crippen molar-refractivity contribution in [3.8, 4) is 0 Å². The maximum absolute atomic E-state index is 12.2. The molecule has 2 aromatic rings. The van der Waals surface area contributed by atoms with Gasteiger partial charge in [0.25, 0.3) is 5.91 Å². The van der Waals surface area contributed by atoms with Gasteiger partial charge in [0.15, 0.2) is 0 Å². The summed E-state index contributed by atoms with van der Waals surface area (Å²) in [6, 6.07) is 6.55. The number of hydrogen-bond acceptors (Lipinski definition) is 4. The van der Waals surface area contributed by atoms with E-state index in [9.17, 15) is 13.2 Å². The molecule has 0 atom stereocenters. The number of amides is 1. The normalized spacial score (nSPS) is 11.4. The second-order valence-corrected chi connectivity index (χ2v) is 7.05. The molecule has 5 nitrogen and oxygen atoms in total. The third-order valence-electron chi connectivity index (χ3n) is 3.09. The zero-order chi connectivity index (χ0) is 15.6. The molecule has 0 aliphatic carbocycles. The van der Waals surface area contributed by atoms with Crippen LogP contribution in [0.2, 0.25) is 0 Å². The van der Waals surface area contributed by atoms with Gasteiger partial charge < -0.3 is 5.32 Å². The lowest BCUT2D eigenvalue weighted by molar-refractivity contribution is 0.102. The van der Waals surface area contributed by atoms with E-state index in [1.54, 1.807) is 19.1 Å². The first kappa shape index (κ1) is 15.7. The van der Waals surface area contributed by atoms with Gasteiger partial charge in [-0.1, -0.05) is 13.0 Å². The van der Waals surface area contributed by atoms with Crippen LogP contribution in [0.4, 0.5) is 5.69 Å². The summed E-state index contributed by atoms with van der Waals surface area (Å²) in [5, 5.41) is 9.73. The van der Waals surface area contributed by atoms with Crippen molar-refractivity contribution in [1.29, 1.82) is 0 Å². The predicted molar refractivity (Wildman–Crippen MR) is 84.2 cm³/mol. The van der Waals surface area contributed by atoms with E-state index in [1.165, 1.54) is 17.4 Å². The SMILES string of the molecule is CCc1ccsc1C(=O)Nc1ccc(C)c(S(N)(=O)=O)c1. The number of carbonyl (C=O) groups is 1. The lowest BCUT2D eigenvalue weighted by Crippen LogP contribution is -2.16. The highest BCUT2D eigenvalue weighted by atomic mass is 32.2. The Bertz CT molecular complexity index is 779. The van der Waals surface area contributed by atoms with E-state index in [0.29, 0.717) is 16.1 Å². The lowest BCUT2D eigenvalue weighted by Gasteiger charge is -2.09. The van der Waals surface area contributed by atoms with Crippen LogP contribution in [-0.2, 0) is 16.4 Å². The summed E-state index contributed by atoms with van der Waals surface area (Å²) in [7, 11) is -3.81. The average molecular weight is 324 g/mol. The molecule has 2 rings (SSSR count). The van der Waals surface area contributed by atoms with Gasteiger partial charge >= 0.3 is 0 Å². The summed E-state index contributed by atoms with van der Waals surface area (Å²) in [4.78, 5) is 12.9. The summed E-state index contributed by atoms with van der Waals surface area (Å²) < 4.78 is 23.0. The highest BCUT2D eigenvalue weighted by Crippen LogP contribution is 2.22. The number of anilines is 1. The number of hydrogen-bond donors (Lipinski definition) is 2. The number of thiophene rings is 1. The molecule has 0 fully saturated rings. The van der Waals surface area contributed by atoms with E-state index in [2.05, 4.69) is 5.32 Å². The molecule has 0 radical (unpaired) electrons. The van der Waals surface area contributed by atoms with Crippen LogP contribution in [0, 0.1) is 6.92 Å². The number of sulfonamides is 1. The Morgan fingerprint density at radius 1 is 1.33 bits per heavy atom. The van der Waals surface area contributed by atoms with Gasteiger partial charge in [0.1, 0.15) is 0 Å². The second-order valence-electron chi connectivity index (χ2n) is 4.61. The maximum Gasteiger partial charge on any atom is 0.266 e. The molecule has 0 saturated carbocycles. The second kappa shape index (κ2) is 5.97. The standard InChI is InChI=1S/C14H16N2O3S2/c1-3-10-6-7-20-13(10)14(17)16-11-5-4-9(2)12(8-11)21(15,18)19/h4-8H,3H2,1-2H3,(H,16,17)(H2,15,18,19). The third-order valence-corrected chi connectivity index (χ3v) is 5.09. The number of nitrogens with two attached hydrogens (primary N) is 1. The number of aryl methyl sites for hydroxylation is 2. The van der Waals surface area contributed by atoms with Crippen LogP contribution in [0.1, 0.15) is 27.7 Å². The average Bonchev–Trinajstić information content (AvgIpc) is 2.88. The van der Waals surface area contributed by atoms with Gasteiger partial charge in [-0.25, -0.2) is 13.6 Å².